The second kappa shape index (κ2) is 27.6. The van der Waals surface area contributed by atoms with Crippen molar-refractivity contribution in [1.29, 1.82) is 0 Å². The first kappa shape index (κ1) is 58.9. The summed E-state index contributed by atoms with van der Waals surface area (Å²) in [4.78, 5) is 123. The molecule has 6 rings (SSSR count). The number of hydrazine groups is 1. The lowest BCUT2D eigenvalue weighted by atomic mass is 9.99. The molecule has 5 atom stereocenters. The number of hydrogen-bond donors (Lipinski definition) is 7. The van der Waals surface area contributed by atoms with Gasteiger partial charge in [0.05, 0.1) is 0 Å². The number of H-pyrrole nitrogens is 2. The van der Waals surface area contributed by atoms with Gasteiger partial charge in [-0.2, -0.15) is 11.8 Å². The van der Waals surface area contributed by atoms with Gasteiger partial charge in [-0.3, -0.25) is 28.8 Å². The van der Waals surface area contributed by atoms with Crippen LogP contribution in [0.25, 0.3) is 21.8 Å². The molecule has 2 aromatic heterocycles. The van der Waals surface area contributed by atoms with E-state index in [1.807, 2.05) is 62.6 Å². The molecule has 0 spiro atoms. The van der Waals surface area contributed by atoms with Crippen LogP contribution in [0.4, 0.5) is 9.59 Å². The van der Waals surface area contributed by atoms with E-state index in [9.17, 15) is 24.0 Å². The number of rotatable bonds is 26. The minimum absolute atomic E-state index is 0.00426. The third-order valence-corrected chi connectivity index (χ3v) is 13.8. The van der Waals surface area contributed by atoms with Crippen molar-refractivity contribution in [1.82, 2.24) is 40.8 Å². The summed E-state index contributed by atoms with van der Waals surface area (Å²) in [6.07, 6.45) is 4.19. The van der Waals surface area contributed by atoms with Gasteiger partial charge in [0.1, 0.15) is 42.4 Å². The molecule has 9 N–H and O–H groups in total. The lowest BCUT2D eigenvalue weighted by molar-refractivity contribution is -0.168. The Hall–Kier alpha value is -7.39. The maximum atomic E-state index is 15.6. The third-order valence-electron chi connectivity index (χ3n) is 13.2. The van der Waals surface area contributed by atoms with Gasteiger partial charge in [0, 0.05) is 60.0 Å². The Morgan fingerprint density at radius 1 is 0.792 bits per heavy atom. The number of ether oxygens (including phenoxy) is 2. The van der Waals surface area contributed by atoms with Crippen molar-refractivity contribution in [3.05, 3.63) is 108 Å². The predicted molar refractivity (Wildman–Crippen MR) is 294 cm³/mol. The highest BCUT2D eigenvalue weighted by atomic mass is 32.2. The van der Waals surface area contributed by atoms with E-state index in [2.05, 4.69) is 25.9 Å². The number of nitrogens with zero attached hydrogens (tertiary/aromatic N) is 3. The van der Waals surface area contributed by atoms with Crippen LogP contribution in [-0.2, 0) is 57.7 Å². The van der Waals surface area contributed by atoms with E-state index in [0.29, 0.717) is 57.5 Å². The summed E-state index contributed by atoms with van der Waals surface area (Å²) >= 11 is 1.46. The molecule has 5 aromatic rings. The molecule has 1 saturated heterocycles. The normalized spacial score (nSPS) is 15.1. The average Bonchev–Trinajstić information content (AvgIpc) is 4.12. The third kappa shape index (κ3) is 16.1. The summed E-state index contributed by atoms with van der Waals surface area (Å²) in [5.74, 6) is -4.00. The van der Waals surface area contributed by atoms with Crippen molar-refractivity contribution < 1.29 is 47.8 Å². The number of aromatic nitrogens is 2. The monoisotopic (exact) mass is 1080 g/mol. The van der Waals surface area contributed by atoms with Crippen LogP contribution in [0.5, 0.6) is 0 Å². The van der Waals surface area contributed by atoms with Gasteiger partial charge in [0.15, 0.2) is 0 Å². The van der Waals surface area contributed by atoms with Crippen molar-refractivity contribution in [2.24, 2.45) is 17.4 Å². The van der Waals surface area contributed by atoms with Gasteiger partial charge < -0.3 is 46.9 Å². The Morgan fingerprint density at radius 2 is 1.42 bits per heavy atom. The summed E-state index contributed by atoms with van der Waals surface area (Å²) in [5.41, 5.74) is 14.0. The fourth-order valence-corrected chi connectivity index (χ4v) is 9.70. The van der Waals surface area contributed by atoms with Crippen LogP contribution >= 0.6 is 11.8 Å². The molecule has 1 aliphatic heterocycles. The Morgan fingerprint density at radius 3 is 2.01 bits per heavy atom. The SMILES string of the molecule is CSCCC(C(N)=O)N(C(=O)CCC(C)C)N1CC[C@H](NC(=O)[C@H](Cc2c[nH]c3ccccc23)NC(=O)[C@@H](Cc2c[nH]c3ccccc23)N(C(=O)OCc2ccccc2)C(=O)[C@H](CCCCN)NC(=O)OC(C)(C)C)C1=O. The minimum atomic E-state index is -1.73. The Bertz CT molecular complexity index is 2850. The van der Waals surface area contributed by atoms with Gasteiger partial charge in [-0.1, -0.05) is 80.6 Å². The van der Waals surface area contributed by atoms with Crippen molar-refractivity contribution in [3.63, 3.8) is 0 Å². The number of benzene rings is 3. The van der Waals surface area contributed by atoms with E-state index in [1.165, 1.54) is 16.8 Å². The first-order chi connectivity index (χ1) is 36.8. The summed E-state index contributed by atoms with van der Waals surface area (Å²) in [6, 6.07) is 16.4. The molecule has 1 aliphatic rings. The molecule has 20 nitrogen and oxygen atoms in total. The van der Waals surface area contributed by atoms with E-state index < -0.39 is 83.4 Å². The van der Waals surface area contributed by atoms with E-state index >= 15 is 14.4 Å². The zero-order valence-electron chi connectivity index (χ0n) is 44.8. The molecule has 414 valence electrons. The van der Waals surface area contributed by atoms with Gasteiger partial charge in [-0.05, 0) is 113 Å². The van der Waals surface area contributed by atoms with Crippen LogP contribution in [0.2, 0.25) is 0 Å². The van der Waals surface area contributed by atoms with Crippen LogP contribution in [0.1, 0.15) is 96.3 Å². The van der Waals surface area contributed by atoms with E-state index in [1.54, 1.807) is 69.6 Å². The van der Waals surface area contributed by atoms with E-state index in [-0.39, 0.29) is 64.1 Å². The van der Waals surface area contributed by atoms with Crippen molar-refractivity contribution >= 4 is 81.2 Å². The average molecular weight is 1080 g/mol. The number of carbonyl (C=O) groups is 8. The largest absolute Gasteiger partial charge is 0.444 e. The van der Waals surface area contributed by atoms with Gasteiger partial charge >= 0.3 is 12.2 Å². The standard InChI is InChI=1S/C56H74N10O10S/c1-35(2)23-24-48(67)66(46(49(58)68)26-29-77-6)64-28-25-44(52(64)71)61-50(69)45(30-37-32-59-41-20-12-10-18-39(37)41)62-51(70)47(31-38-33-60-42-21-13-11-19-40(38)42)65(55(74)75-34-36-16-8-7-9-17-36)53(72)43(22-14-15-27-57)63-54(73)76-56(3,4)5/h7-13,16-21,32-33,35,43-47,59-60H,14-15,22-31,34,57H2,1-6H3,(H2,58,68)(H,61,69)(H,62,70)(H,63,73)/t43-,44-,45-,46?,47+/m0/s1. The zero-order valence-corrected chi connectivity index (χ0v) is 45.6. The van der Waals surface area contributed by atoms with Crippen LogP contribution in [0.15, 0.2) is 91.3 Å². The van der Waals surface area contributed by atoms with Crippen molar-refractivity contribution in [3.8, 4) is 0 Å². The molecular formula is C56H74N10O10S. The lowest BCUT2D eigenvalue weighted by Crippen LogP contribution is -2.61. The highest BCUT2D eigenvalue weighted by Crippen LogP contribution is 2.26. The minimum Gasteiger partial charge on any atom is -0.444 e. The van der Waals surface area contributed by atoms with Gasteiger partial charge in [-0.15, -0.1) is 0 Å². The van der Waals surface area contributed by atoms with Gasteiger partial charge in [-0.25, -0.2) is 24.5 Å². The number of carbonyl (C=O) groups excluding carboxylic acids is 8. The predicted octanol–water partition coefficient (Wildman–Crippen LogP) is 5.98. The van der Waals surface area contributed by atoms with Crippen molar-refractivity contribution in [2.45, 2.75) is 135 Å². The van der Waals surface area contributed by atoms with E-state index in [0.717, 1.165) is 15.9 Å². The number of alkyl carbamates (subject to hydrolysis) is 1. The molecule has 0 radical (unpaired) electrons. The highest BCUT2D eigenvalue weighted by Gasteiger charge is 2.45. The number of imide groups is 1. The van der Waals surface area contributed by atoms with Crippen LogP contribution < -0.4 is 27.4 Å². The molecule has 77 heavy (non-hydrogen) atoms. The Labute approximate surface area is 453 Å². The molecule has 3 heterocycles. The summed E-state index contributed by atoms with van der Waals surface area (Å²) in [7, 11) is 0. The molecule has 0 saturated carbocycles. The highest BCUT2D eigenvalue weighted by molar-refractivity contribution is 7.98. The summed E-state index contributed by atoms with van der Waals surface area (Å²) in [5, 5.41) is 12.1. The molecule has 1 unspecified atom stereocenters. The number of thioether (sulfide) groups is 1. The number of amides is 8. The van der Waals surface area contributed by atoms with Gasteiger partial charge in [0.2, 0.25) is 23.6 Å². The molecule has 0 aliphatic carbocycles. The number of nitrogens with two attached hydrogens (primary N) is 2. The number of nitrogens with one attached hydrogen (secondary N) is 5. The second-order valence-electron chi connectivity index (χ2n) is 20.6. The number of primary amides is 1. The van der Waals surface area contributed by atoms with Gasteiger partial charge in [0.25, 0.3) is 11.8 Å². The Balaban J connectivity index is 1.41. The second-order valence-corrected chi connectivity index (χ2v) is 21.6. The van der Waals surface area contributed by atoms with Crippen molar-refractivity contribution in [2.75, 3.05) is 25.1 Å². The molecular weight excluding hydrogens is 1000 g/mol. The summed E-state index contributed by atoms with van der Waals surface area (Å²) in [6.45, 7) is 8.84. The fraction of sp³-hybridized carbons (Fsp3) is 0.464. The molecule has 21 heteroatoms. The van der Waals surface area contributed by atoms with E-state index in [4.69, 9.17) is 20.9 Å². The molecule has 1 fully saturated rings. The number of para-hydroxylation sites is 2. The number of aromatic amines is 2. The maximum Gasteiger partial charge on any atom is 0.417 e. The number of hydrogen-bond acceptors (Lipinski definition) is 12. The zero-order chi connectivity index (χ0) is 55.8. The molecule has 3 aromatic carbocycles. The lowest BCUT2D eigenvalue weighted by Gasteiger charge is -2.37. The first-order valence-corrected chi connectivity index (χ1v) is 27.5. The summed E-state index contributed by atoms with van der Waals surface area (Å²) < 4.78 is 11.4. The van der Waals surface area contributed by atoms with Crippen LogP contribution in [0, 0.1) is 5.92 Å². The maximum absolute atomic E-state index is 15.6. The molecule has 8 amide bonds. The topological polar surface area (TPSA) is 284 Å². The fourth-order valence-electron chi connectivity index (χ4n) is 9.24. The first-order valence-electron chi connectivity index (χ1n) is 26.2. The number of unbranched alkanes of at least 4 members (excludes halogenated alkanes) is 1. The molecule has 0 bridgehead atoms. The smallest absolute Gasteiger partial charge is 0.417 e. The number of fused-ring (bicyclic) bond motifs is 2. The Kier molecular flexibility index (Phi) is 21.1. The van der Waals surface area contributed by atoms with Crippen LogP contribution in [-0.4, -0.2) is 133 Å². The van der Waals surface area contributed by atoms with Crippen LogP contribution in [0.3, 0.4) is 0 Å². The quantitative estimate of drug-likeness (QED) is 0.0315.